The van der Waals surface area contributed by atoms with E-state index in [1.54, 1.807) is 24.3 Å². The average molecular weight is 389 g/mol. The molecule has 6 heteroatoms. The lowest BCUT2D eigenvalue weighted by molar-refractivity contribution is 0.601. The molecule has 2 rings (SSSR count). The highest BCUT2D eigenvalue weighted by Crippen LogP contribution is 2.29. The molecule has 0 aliphatic carbocycles. The van der Waals surface area contributed by atoms with Crippen LogP contribution >= 0.6 is 27.5 Å². The maximum atomic E-state index is 12.5. The Labute approximate surface area is 138 Å². The van der Waals surface area contributed by atoms with Crippen molar-refractivity contribution in [3.8, 4) is 0 Å². The van der Waals surface area contributed by atoms with E-state index < -0.39 is 10.0 Å². The van der Waals surface area contributed by atoms with Crippen LogP contribution in [0.15, 0.2) is 51.8 Å². The predicted molar refractivity (Wildman–Crippen MR) is 90.5 cm³/mol. The smallest absolute Gasteiger partial charge is 0.263 e. The van der Waals surface area contributed by atoms with E-state index in [2.05, 4.69) is 20.7 Å². The Balaban J connectivity index is 2.43. The van der Waals surface area contributed by atoms with Crippen LogP contribution in [0, 0.1) is 0 Å². The minimum Gasteiger partial charge on any atom is -0.279 e. The van der Waals surface area contributed by atoms with Crippen molar-refractivity contribution in [2.75, 3.05) is 4.72 Å². The van der Waals surface area contributed by atoms with Gasteiger partial charge in [0.05, 0.1) is 10.7 Å². The predicted octanol–water partition coefficient (Wildman–Crippen LogP) is 5.03. The summed E-state index contributed by atoms with van der Waals surface area (Å²) in [4.78, 5) is 0.0610. The molecule has 3 nitrogen and oxygen atoms in total. The van der Waals surface area contributed by atoms with Crippen molar-refractivity contribution in [2.24, 2.45) is 0 Å². The van der Waals surface area contributed by atoms with E-state index in [0.29, 0.717) is 5.69 Å². The minimum atomic E-state index is -3.72. The van der Waals surface area contributed by atoms with Crippen molar-refractivity contribution in [2.45, 2.75) is 24.7 Å². The molecule has 2 aromatic carbocycles. The third kappa shape index (κ3) is 3.78. The van der Waals surface area contributed by atoms with Crippen LogP contribution in [0.3, 0.4) is 0 Å². The molecule has 0 saturated heterocycles. The lowest BCUT2D eigenvalue weighted by atomic mass is 10.0. The normalized spacial score (nSPS) is 11.7. The Morgan fingerprint density at radius 3 is 2.43 bits per heavy atom. The molecule has 0 amide bonds. The van der Waals surface area contributed by atoms with Crippen LogP contribution in [0.25, 0.3) is 0 Å². The molecule has 0 spiro atoms. The molecule has 0 saturated carbocycles. The highest BCUT2D eigenvalue weighted by atomic mass is 79.9. The standard InChI is InChI=1S/C15H15BrClNO2S/c1-10(2)12-5-3-4-6-14(12)18-21(19,20)15-8-7-11(16)9-13(15)17/h3-10,18H,1-2H3. The second kappa shape index (κ2) is 6.38. The van der Waals surface area contributed by atoms with Crippen molar-refractivity contribution in [3.05, 3.63) is 57.5 Å². The zero-order chi connectivity index (χ0) is 15.6. The lowest BCUT2D eigenvalue weighted by Gasteiger charge is -2.15. The van der Waals surface area contributed by atoms with Gasteiger partial charge in [0.15, 0.2) is 0 Å². The number of hydrogen-bond acceptors (Lipinski definition) is 2. The van der Waals surface area contributed by atoms with Crippen molar-refractivity contribution >= 4 is 43.2 Å². The topological polar surface area (TPSA) is 46.2 Å². The van der Waals surface area contributed by atoms with Crippen LogP contribution in [-0.2, 0) is 10.0 Å². The Bertz CT molecular complexity index is 760. The molecular weight excluding hydrogens is 374 g/mol. The van der Waals surface area contributed by atoms with E-state index in [-0.39, 0.29) is 15.8 Å². The highest BCUT2D eigenvalue weighted by Gasteiger charge is 2.19. The Morgan fingerprint density at radius 1 is 1.14 bits per heavy atom. The van der Waals surface area contributed by atoms with Crippen molar-refractivity contribution in [1.29, 1.82) is 0 Å². The zero-order valence-corrected chi connectivity index (χ0v) is 14.8. The SMILES string of the molecule is CC(C)c1ccccc1NS(=O)(=O)c1ccc(Br)cc1Cl. The lowest BCUT2D eigenvalue weighted by Crippen LogP contribution is -2.15. The summed E-state index contributed by atoms with van der Waals surface area (Å²) < 4.78 is 28.3. The van der Waals surface area contributed by atoms with Crippen LogP contribution in [0.1, 0.15) is 25.3 Å². The van der Waals surface area contributed by atoms with Gasteiger partial charge in [-0.3, -0.25) is 4.72 Å². The number of hydrogen-bond donors (Lipinski definition) is 1. The van der Waals surface area contributed by atoms with Crippen LogP contribution in [0.4, 0.5) is 5.69 Å². The number of rotatable bonds is 4. The summed E-state index contributed by atoms with van der Waals surface area (Å²) in [6.45, 7) is 4.03. The van der Waals surface area contributed by atoms with Crippen LogP contribution in [-0.4, -0.2) is 8.42 Å². The molecule has 0 aliphatic rings. The van der Waals surface area contributed by atoms with Crippen molar-refractivity contribution < 1.29 is 8.42 Å². The summed E-state index contributed by atoms with van der Waals surface area (Å²) in [5, 5.41) is 0.180. The Morgan fingerprint density at radius 2 is 1.81 bits per heavy atom. The summed E-state index contributed by atoms with van der Waals surface area (Å²) in [6.07, 6.45) is 0. The third-order valence-electron chi connectivity index (χ3n) is 3.01. The summed E-state index contributed by atoms with van der Waals surface area (Å²) in [5.41, 5.74) is 1.51. The maximum Gasteiger partial charge on any atom is 0.263 e. The molecule has 0 aromatic heterocycles. The number of nitrogens with one attached hydrogen (secondary N) is 1. The fourth-order valence-electron chi connectivity index (χ4n) is 1.99. The van der Waals surface area contributed by atoms with Gasteiger partial charge in [0.1, 0.15) is 4.90 Å². The number of benzene rings is 2. The van der Waals surface area contributed by atoms with Crippen molar-refractivity contribution in [3.63, 3.8) is 0 Å². The Hall–Kier alpha value is -1.04. The van der Waals surface area contributed by atoms with Gasteiger partial charge >= 0.3 is 0 Å². The average Bonchev–Trinajstić information content (AvgIpc) is 2.37. The fourth-order valence-corrected chi connectivity index (χ4v) is 4.11. The quantitative estimate of drug-likeness (QED) is 0.798. The molecule has 0 fully saturated rings. The first kappa shape index (κ1) is 16.3. The molecule has 0 unspecified atom stereocenters. The highest BCUT2D eigenvalue weighted by molar-refractivity contribution is 9.10. The van der Waals surface area contributed by atoms with Gasteiger partial charge in [-0.1, -0.05) is 59.6 Å². The van der Waals surface area contributed by atoms with E-state index in [4.69, 9.17) is 11.6 Å². The second-order valence-electron chi connectivity index (χ2n) is 4.92. The molecule has 0 heterocycles. The first-order valence-corrected chi connectivity index (χ1v) is 9.03. The molecular formula is C15H15BrClNO2S. The van der Waals surface area contributed by atoms with E-state index in [1.165, 1.54) is 6.07 Å². The number of sulfonamides is 1. The first-order chi connectivity index (χ1) is 9.81. The largest absolute Gasteiger partial charge is 0.279 e. The number of anilines is 1. The van der Waals surface area contributed by atoms with E-state index >= 15 is 0 Å². The fraction of sp³-hybridized carbons (Fsp3) is 0.200. The molecule has 0 aliphatic heterocycles. The van der Waals surface area contributed by atoms with Gasteiger partial charge in [0, 0.05) is 4.47 Å². The molecule has 0 radical (unpaired) electrons. The first-order valence-electron chi connectivity index (χ1n) is 6.38. The Kier molecular flexibility index (Phi) is 4.96. The zero-order valence-electron chi connectivity index (χ0n) is 11.6. The molecule has 0 bridgehead atoms. The van der Waals surface area contributed by atoms with Gasteiger partial charge in [0.25, 0.3) is 10.0 Å². The van der Waals surface area contributed by atoms with Gasteiger partial charge in [-0.2, -0.15) is 0 Å². The van der Waals surface area contributed by atoms with Crippen LogP contribution in [0.5, 0.6) is 0 Å². The van der Waals surface area contributed by atoms with Crippen LogP contribution < -0.4 is 4.72 Å². The summed E-state index contributed by atoms with van der Waals surface area (Å²) in [6, 6.07) is 12.0. The summed E-state index contributed by atoms with van der Waals surface area (Å²) in [7, 11) is -3.72. The molecule has 2 aromatic rings. The van der Waals surface area contributed by atoms with Crippen LogP contribution in [0.2, 0.25) is 5.02 Å². The number of halogens is 2. The molecule has 0 atom stereocenters. The van der Waals surface area contributed by atoms with E-state index in [0.717, 1.165) is 10.0 Å². The minimum absolute atomic E-state index is 0.0610. The van der Waals surface area contributed by atoms with Gasteiger partial charge in [-0.25, -0.2) is 8.42 Å². The van der Waals surface area contributed by atoms with E-state index in [9.17, 15) is 8.42 Å². The summed E-state index contributed by atoms with van der Waals surface area (Å²) >= 11 is 9.29. The second-order valence-corrected chi connectivity index (χ2v) is 7.90. The van der Waals surface area contributed by atoms with Gasteiger partial charge in [-0.05, 0) is 35.7 Å². The van der Waals surface area contributed by atoms with Crippen molar-refractivity contribution in [1.82, 2.24) is 0 Å². The van der Waals surface area contributed by atoms with Gasteiger partial charge in [-0.15, -0.1) is 0 Å². The maximum absolute atomic E-state index is 12.5. The van der Waals surface area contributed by atoms with Gasteiger partial charge in [0.2, 0.25) is 0 Å². The molecule has 112 valence electrons. The third-order valence-corrected chi connectivity index (χ3v) is 5.35. The monoisotopic (exact) mass is 387 g/mol. The van der Waals surface area contributed by atoms with E-state index in [1.807, 2.05) is 26.0 Å². The number of para-hydroxylation sites is 1. The molecule has 1 N–H and O–H groups in total. The molecule has 21 heavy (non-hydrogen) atoms. The summed E-state index contributed by atoms with van der Waals surface area (Å²) in [5.74, 6) is 0.212. The van der Waals surface area contributed by atoms with Gasteiger partial charge < -0.3 is 0 Å².